The largest absolute Gasteiger partial charge is 0.481 e. The zero-order chi connectivity index (χ0) is 27.3. The van der Waals surface area contributed by atoms with Crippen LogP contribution in [0.2, 0.25) is 28.2 Å². The van der Waals surface area contributed by atoms with Crippen LogP contribution in [0.4, 0.5) is 0 Å². The van der Waals surface area contributed by atoms with Gasteiger partial charge in [-0.1, -0.05) is 68.2 Å². The Labute approximate surface area is 231 Å². The molecule has 1 N–H and O–H groups in total. The average Bonchev–Trinajstić information content (AvgIpc) is 3.60. The van der Waals surface area contributed by atoms with E-state index in [-0.39, 0.29) is 41.3 Å². The van der Waals surface area contributed by atoms with E-state index in [1.54, 1.807) is 18.2 Å². The summed E-state index contributed by atoms with van der Waals surface area (Å²) in [6.07, 6.45) is 1.41. The fraction of sp³-hybridized carbons (Fsp3) is 0.517. The van der Waals surface area contributed by atoms with E-state index in [2.05, 4.69) is 52.9 Å². The van der Waals surface area contributed by atoms with Gasteiger partial charge in [-0.15, -0.1) is 0 Å². The Hall–Kier alpha value is -1.86. The first-order valence-corrected chi connectivity index (χ1v) is 16.6. The molecule has 2 aliphatic rings. The number of aliphatic carboxylic acids is 1. The van der Waals surface area contributed by atoms with E-state index in [4.69, 9.17) is 27.6 Å². The standard InChI is InChI=1S/C29H37Cl2NO4Si/c1-17-19-9-7-10-20(22-14-23(22)28(34)35)21(19)13-18(16-36-37(5,6)29(2,3)4)32(17)27(33)15-24-25(30)11-8-12-26(24)31/h7-12,17-18,22-23H,13-16H2,1-6H3,(H,34,35)/t17-,18+,22?,23?/m0/s1. The van der Waals surface area contributed by atoms with Gasteiger partial charge in [0.15, 0.2) is 8.32 Å². The van der Waals surface area contributed by atoms with E-state index in [9.17, 15) is 14.7 Å². The van der Waals surface area contributed by atoms with E-state index >= 15 is 0 Å². The lowest BCUT2D eigenvalue weighted by Crippen LogP contribution is -2.52. The molecule has 0 saturated heterocycles. The number of fused-ring (bicyclic) bond motifs is 1. The third-order valence-electron chi connectivity index (χ3n) is 8.58. The second-order valence-corrected chi connectivity index (χ2v) is 17.6. The van der Waals surface area contributed by atoms with Crippen molar-refractivity contribution in [3.8, 4) is 0 Å². The molecule has 2 unspecified atom stereocenters. The lowest BCUT2D eigenvalue weighted by Gasteiger charge is -2.45. The zero-order valence-electron chi connectivity index (χ0n) is 22.5. The van der Waals surface area contributed by atoms with Crippen LogP contribution >= 0.6 is 23.2 Å². The summed E-state index contributed by atoms with van der Waals surface area (Å²) < 4.78 is 6.65. The molecule has 2 aromatic carbocycles. The number of carboxylic acid groups (broad SMARTS) is 1. The minimum atomic E-state index is -2.07. The molecule has 2 aromatic rings. The predicted octanol–water partition coefficient (Wildman–Crippen LogP) is 7.26. The summed E-state index contributed by atoms with van der Waals surface area (Å²) in [4.78, 5) is 27.5. The van der Waals surface area contributed by atoms with Gasteiger partial charge in [-0.2, -0.15) is 0 Å². The van der Waals surface area contributed by atoms with Crippen LogP contribution in [0.3, 0.4) is 0 Å². The summed E-state index contributed by atoms with van der Waals surface area (Å²) in [7, 11) is -2.07. The molecule has 0 spiro atoms. The molecule has 200 valence electrons. The molecule has 1 aliphatic heterocycles. The Kier molecular flexibility index (Phi) is 7.89. The van der Waals surface area contributed by atoms with Gasteiger partial charge >= 0.3 is 5.97 Å². The van der Waals surface area contributed by atoms with Crippen LogP contribution in [0.1, 0.15) is 68.3 Å². The number of halogens is 2. The second-order valence-electron chi connectivity index (χ2n) is 12.0. The molecule has 1 amide bonds. The first kappa shape index (κ1) is 28.2. The molecule has 1 fully saturated rings. The number of hydrogen-bond donors (Lipinski definition) is 1. The summed E-state index contributed by atoms with van der Waals surface area (Å²) in [6, 6.07) is 11.0. The molecule has 37 heavy (non-hydrogen) atoms. The molecule has 1 saturated carbocycles. The zero-order valence-corrected chi connectivity index (χ0v) is 25.0. The van der Waals surface area contributed by atoms with Crippen LogP contribution in [-0.2, 0) is 26.9 Å². The normalized spacial score (nSPS) is 23.5. The molecule has 4 atom stereocenters. The summed E-state index contributed by atoms with van der Waals surface area (Å²) >= 11 is 12.8. The highest BCUT2D eigenvalue weighted by Gasteiger charge is 2.47. The molecule has 1 heterocycles. The Morgan fingerprint density at radius 1 is 1.08 bits per heavy atom. The molecule has 0 bridgehead atoms. The maximum absolute atomic E-state index is 13.9. The van der Waals surface area contributed by atoms with Gasteiger partial charge in [-0.25, -0.2) is 0 Å². The third-order valence-corrected chi connectivity index (χ3v) is 13.8. The highest BCUT2D eigenvalue weighted by atomic mass is 35.5. The monoisotopic (exact) mass is 561 g/mol. The van der Waals surface area contributed by atoms with Crippen molar-refractivity contribution < 1.29 is 19.1 Å². The second kappa shape index (κ2) is 10.4. The van der Waals surface area contributed by atoms with E-state index in [0.29, 0.717) is 35.1 Å². The summed E-state index contributed by atoms with van der Waals surface area (Å²) in [5.74, 6) is -1.08. The molecule has 0 aromatic heterocycles. The van der Waals surface area contributed by atoms with Crippen LogP contribution in [0.25, 0.3) is 0 Å². The Morgan fingerprint density at radius 2 is 1.68 bits per heavy atom. The van der Waals surface area contributed by atoms with Gasteiger partial charge in [0.05, 0.1) is 31.0 Å². The lowest BCUT2D eigenvalue weighted by molar-refractivity contribution is -0.138. The minimum Gasteiger partial charge on any atom is -0.481 e. The van der Waals surface area contributed by atoms with Crippen molar-refractivity contribution in [3.05, 3.63) is 68.7 Å². The molecule has 4 rings (SSSR count). The topological polar surface area (TPSA) is 66.8 Å². The van der Waals surface area contributed by atoms with Crippen LogP contribution in [0.5, 0.6) is 0 Å². The summed E-state index contributed by atoms with van der Waals surface area (Å²) in [6.45, 7) is 13.5. The van der Waals surface area contributed by atoms with Crippen LogP contribution in [-0.4, -0.2) is 42.8 Å². The molecule has 5 nitrogen and oxygen atoms in total. The van der Waals surface area contributed by atoms with Crippen molar-refractivity contribution in [3.63, 3.8) is 0 Å². The number of carbonyl (C=O) groups is 2. The maximum atomic E-state index is 13.9. The highest BCUT2D eigenvalue weighted by Crippen LogP contribution is 2.51. The number of hydrogen-bond acceptors (Lipinski definition) is 3. The number of nitrogens with zero attached hydrogens (tertiary/aromatic N) is 1. The van der Waals surface area contributed by atoms with Crippen LogP contribution in [0, 0.1) is 5.92 Å². The first-order chi connectivity index (χ1) is 17.2. The Morgan fingerprint density at radius 3 is 2.24 bits per heavy atom. The first-order valence-electron chi connectivity index (χ1n) is 13.0. The Bertz CT molecular complexity index is 1190. The van der Waals surface area contributed by atoms with Crippen LogP contribution in [0.15, 0.2) is 36.4 Å². The minimum absolute atomic E-state index is 0.0331. The van der Waals surface area contributed by atoms with Crippen molar-refractivity contribution in [2.45, 2.75) is 83.1 Å². The van der Waals surface area contributed by atoms with Gasteiger partial charge in [0, 0.05) is 10.0 Å². The summed E-state index contributed by atoms with van der Waals surface area (Å²) in [5, 5.41) is 10.6. The van der Waals surface area contributed by atoms with E-state index in [0.717, 1.165) is 11.1 Å². The number of carbonyl (C=O) groups excluding carboxylic acids is 1. The van der Waals surface area contributed by atoms with Crippen molar-refractivity contribution in [1.82, 2.24) is 4.90 Å². The van der Waals surface area contributed by atoms with Gasteiger partial charge in [0.25, 0.3) is 0 Å². The fourth-order valence-corrected chi connectivity index (χ4v) is 6.81. The van der Waals surface area contributed by atoms with Gasteiger partial charge < -0.3 is 14.4 Å². The molecule has 8 heteroatoms. The fourth-order valence-electron chi connectivity index (χ4n) is 5.23. The average molecular weight is 563 g/mol. The molecular formula is C29H37Cl2NO4Si. The summed E-state index contributed by atoms with van der Waals surface area (Å²) in [5.41, 5.74) is 3.99. The van der Waals surface area contributed by atoms with Gasteiger partial charge in [-0.05, 0) is 78.2 Å². The molecule has 0 radical (unpaired) electrons. The van der Waals surface area contributed by atoms with E-state index < -0.39 is 14.3 Å². The number of carboxylic acids is 1. The van der Waals surface area contributed by atoms with Crippen molar-refractivity contribution in [1.29, 1.82) is 0 Å². The van der Waals surface area contributed by atoms with Gasteiger partial charge in [0.2, 0.25) is 5.91 Å². The van der Waals surface area contributed by atoms with Crippen molar-refractivity contribution in [2.24, 2.45) is 5.92 Å². The SMILES string of the molecule is C[C@H]1c2cccc(C3CC3C(=O)O)c2C[C@H](CO[Si](C)(C)C(C)(C)C)N1C(=O)Cc1c(Cl)cccc1Cl. The maximum Gasteiger partial charge on any atom is 0.307 e. The smallest absolute Gasteiger partial charge is 0.307 e. The Balaban J connectivity index is 1.69. The number of amides is 1. The third kappa shape index (κ3) is 5.63. The number of benzene rings is 2. The van der Waals surface area contributed by atoms with E-state index in [1.807, 2.05) is 11.0 Å². The molecule has 1 aliphatic carbocycles. The quantitative estimate of drug-likeness (QED) is 0.361. The van der Waals surface area contributed by atoms with Crippen molar-refractivity contribution >= 4 is 43.4 Å². The van der Waals surface area contributed by atoms with Gasteiger partial charge in [0.1, 0.15) is 0 Å². The highest BCUT2D eigenvalue weighted by molar-refractivity contribution is 6.74. The number of rotatable bonds is 7. The lowest BCUT2D eigenvalue weighted by atomic mass is 9.84. The van der Waals surface area contributed by atoms with Crippen LogP contribution < -0.4 is 0 Å². The van der Waals surface area contributed by atoms with E-state index in [1.165, 1.54) is 5.56 Å². The predicted molar refractivity (Wildman–Crippen MR) is 151 cm³/mol. The van der Waals surface area contributed by atoms with Gasteiger partial charge in [-0.3, -0.25) is 9.59 Å². The molecular weight excluding hydrogens is 525 g/mol. The van der Waals surface area contributed by atoms with Crippen molar-refractivity contribution in [2.75, 3.05) is 6.61 Å².